The van der Waals surface area contributed by atoms with E-state index in [1.54, 1.807) is 0 Å². The molecular formula is C40H24N6. The molecule has 6 nitrogen and oxygen atoms in total. The Labute approximate surface area is 265 Å². The fraction of sp³-hybridized carbons (Fsp3) is 0. The smallest absolute Gasteiger partial charge is 0.0991 e. The summed E-state index contributed by atoms with van der Waals surface area (Å²) in [7, 11) is 0. The number of hydrogen-bond donors (Lipinski definition) is 0. The molecule has 214 valence electrons. The zero-order valence-electron chi connectivity index (χ0n) is 24.5. The maximum Gasteiger partial charge on any atom is 0.0991 e. The van der Waals surface area contributed by atoms with Crippen molar-refractivity contribution in [2.45, 2.75) is 0 Å². The first kappa shape index (κ1) is 26.8. The average molecular weight is 589 g/mol. The van der Waals surface area contributed by atoms with Crippen LogP contribution in [0.25, 0.3) is 32.6 Å². The third-order valence-corrected chi connectivity index (χ3v) is 8.26. The van der Waals surface area contributed by atoms with Gasteiger partial charge in [0.2, 0.25) is 0 Å². The largest absolute Gasteiger partial charge is 0.310 e. The van der Waals surface area contributed by atoms with E-state index in [2.05, 4.69) is 70.5 Å². The minimum absolute atomic E-state index is 0.586. The second kappa shape index (κ2) is 11.1. The van der Waals surface area contributed by atoms with Crippen molar-refractivity contribution in [2.24, 2.45) is 0 Å². The summed E-state index contributed by atoms with van der Waals surface area (Å²) < 4.78 is 0. The van der Waals surface area contributed by atoms with Crippen LogP contribution >= 0.6 is 0 Å². The van der Waals surface area contributed by atoms with Gasteiger partial charge in [0.1, 0.15) is 0 Å². The summed E-state index contributed by atoms with van der Waals surface area (Å²) in [6.45, 7) is 0. The van der Waals surface area contributed by atoms with Crippen molar-refractivity contribution in [1.82, 2.24) is 9.97 Å². The lowest BCUT2D eigenvalue weighted by molar-refractivity contribution is 1.27. The van der Waals surface area contributed by atoms with Gasteiger partial charge < -0.3 is 9.80 Å². The lowest BCUT2D eigenvalue weighted by atomic mass is 9.99. The third kappa shape index (κ3) is 4.59. The number of nitriles is 2. The molecular weight excluding hydrogens is 564 g/mol. The van der Waals surface area contributed by atoms with E-state index in [-0.39, 0.29) is 0 Å². The van der Waals surface area contributed by atoms with Gasteiger partial charge in [-0.25, -0.2) is 0 Å². The van der Waals surface area contributed by atoms with Crippen LogP contribution in [0, 0.1) is 22.7 Å². The van der Waals surface area contributed by atoms with Gasteiger partial charge in [0, 0.05) is 68.1 Å². The molecule has 6 aromatic carbocycles. The van der Waals surface area contributed by atoms with Gasteiger partial charge in [-0.15, -0.1) is 0 Å². The van der Waals surface area contributed by atoms with Gasteiger partial charge in [-0.05, 0) is 97.1 Å². The Balaban J connectivity index is 1.30. The Hall–Kier alpha value is -6.76. The van der Waals surface area contributed by atoms with Crippen molar-refractivity contribution in [1.29, 1.82) is 10.5 Å². The number of benzene rings is 6. The second-order valence-corrected chi connectivity index (χ2v) is 11.0. The number of anilines is 6. The van der Waals surface area contributed by atoms with Crippen LogP contribution in [-0.4, -0.2) is 9.97 Å². The zero-order chi connectivity index (χ0) is 31.0. The number of hydrogen-bond acceptors (Lipinski definition) is 6. The average Bonchev–Trinajstić information content (AvgIpc) is 3.12. The third-order valence-electron chi connectivity index (χ3n) is 8.26. The van der Waals surface area contributed by atoms with E-state index < -0.39 is 0 Å². The van der Waals surface area contributed by atoms with Gasteiger partial charge in [0.05, 0.1) is 34.3 Å². The number of nitrogens with zero attached hydrogens (tertiary/aromatic N) is 6. The van der Waals surface area contributed by atoms with E-state index >= 15 is 0 Å². The van der Waals surface area contributed by atoms with Crippen molar-refractivity contribution in [3.8, 4) is 12.1 Å². The molecule has 0 unspecified atom stereocenters. The van der Waals surface area contributed by atoms with E-state index in [4.69, 9.17) is 9.97 Å². The molecule has 0 aliphatic rings. The van der Waals surface area contributed by atoms with Crippen molar-refractivity contribution >= 4 is 66.7 Å². The summed E-state index contributed by atoms with van der Waals surface area (Å²) in [5.74, 6) is 0. The number of pyridine rings is 2. The molecule has 0 N–H and O–H groups in total. The summed E-state index contributed by atoms with van der Waals surface area (Å²) in [5.41, 5.74) is 8.72. The van der Waals surface area contributed by atoms with Crippen LogP contribution in [0.15, 0.2) is 146 Å². The summed E-state index contributed by atoms with van der Waals surface area (Å²) in [6.07, 6.45) is 3.85. The molecule has 0 atom stereocenters. The molecule has 46 heavy (non-hydrogen) atoms. The predicted octanol–water partition coefficient (Wildman–Crippen LogP) is 10.1. The minimum atomic E-state index is 0.586. The molecule has 6 heteroatoms. The Kier molecular flexibility index (Phi) is 6.45. The number of aromatic nitrogens is 2. The Morgan fingerprint density at radius 3 is 1.15 bits per heavy atom. The molecule has 2 heterocycles. The van der Waals surface area contributed by atoms with Crippen LogP contribution in [-0.2, 0) is 0 Å². The van der Waals surface area contributed by atoms with Gasteiger partial charge in [0.15, 0.2) is 0 Å². The van der Waals surface area contributed by atoms with Crippen molar-refractivity contribution in [3.63, 3.8) is 0 Å². The number of rotatable bonds is 6. The van der Waals surface area contributed by atoms with Crippen LogP contribution in [0.4, 0.5) is 34.1 Å². The second-order valence-electron chi connectivity index (χ2n) is 11.0. The van der Waals surface area contributed by atoms with Gasteiger partial charge in [-0.3, -0.25) is 9.97 Å². The van der Waals surface area contributed by atoms with Gasteiger partial charge in [-0.2, -0.15) is 10.5 Å². The monoisotopic (exact) mass is 588 g/mol. The lowest BCUT2D eigenvalue weighted by Crippen LogP contribution is -2.11. The Morgan fingerprint density at radius 2 is 0.783 bits per heavy atom. The summed E-state index contributed by atoms with van der Waals surface area (Å²) in [6, 6.07) is 48.6. The van der Waals surface area contributed by atoms with E-state index in [1.807, 2.05) is 97.3 Å². The molecule has 0 fully saturated rings. The fourth-order valence-corrected chi connectivity index (χ4v) is 6.17. The summed E-state index contributed by atoms with van der Waals surface area (Å²) >= 11 is 0. The first-order valence-corrected chi connectivity index (χ1v) is 14.9. The molecule has 0 saturated heterocycles. The highest BCUT2D eigenvalue weighted by atomic mass is 15.1. The molecule has 0 saturated carbocycles. The zero-order valence-corrected chi connectivity index (χ0v) is 24.5. The SMILES string of the molecule is N#Cc1ccc(N(c2ccc(C#N)cc2)c2cc3cnc4cc(N(c5ccccc5)c5ccccc5)cc5cnc(c2)c3c54)cc1. The van der Waals surface area contributed by atoms with Crippen molar-refractivity contribution < 1.29 is 0 Å². The Morgan fingerprint density at radius 1 is 0.413 bits per heavy atom. The lowest BCUT2D eigenvalue weighted by Gasteiger charge is -2.27. The number of para-hydroxylation sites is 2. The molecule has 8 aromatic rings. The first-order valence-electron chi connectivity index (χ1n) is 14.9. The van der Waals surface area contributed by atoms with Crippen molar-refractivity contribution in [2.75, 3.05) is 9.80 Å². The normalized spacial score (nSPS) is 11.0. The fourth-order valence-electron chi connectivity index (χ4n) is 6.17. The van der Waals surface area contributed by atoms with Crippen LogP contribution in [0.3, 0.4) is 0 Å². The molecule has 2 aromatic heterocycles. The highest BCUT2D eigenvalue weighted by molar-refractivity contribution is 6.22. The van der Waals surface area contributed by atoms with Crippen LogP contribution in [0.2, 0.25) is 0 Å². The topological polar surface area (TPSA) is 79.8 Å². The molecule has 0 radical (unpaired) electrons. The summed E-state index contributed by atoms with van der Waals surface area (Å²) in [5, 5.41) is 22.9. The van der Waals surface area contributed by atoms with Gasteiger partial charge in [0.25, 0.3) is 0 Å². The van der Waals surface area contributed by atoms with E-state index in [1.165, 1.54) is 0 Å². The Bertz CT molecular complexity index is 2260. The van der Waals surface area contributed by atoms with Gasteiger partial charge >= 0.3 is 0 Å². The quantitative estimate of drug-likeness (QED) is 0.180. The highest BCUT2D eigenvalue weighted by Gasteiger charge is 2.20. The van der Waals surface area contributed by atoms with Crippen LogP contribution in [0.1, 0.15) is 11.1 Å². The van der Waals surface area contributed by atoms with Crippen LogP contribution in [0.5, 0.6) is 0 Å². The molecule has 0 amide bonds. The maximum atomic E-state index is 9.38. The minimum Gasteiger partial charge on any atom is -0.310 e. The standard InChI is InChI=1S/C40H24N6/c41-23-27-11-15-33(16-12-27)46(34-17-13-28(24-42)14-18-34)36-20-30-26-43-37-21-35(19-29-25-44-38(22-36)40(30)39(29)37)45(31-7-3-1-4-8-31)32-9-5-2-6-10-32/h1-22,25-26H. The van der Waals surface area contributed by atoms with Gasteiger partial charge in [-0.1, -0.05) is 36.4 Å². The van der Waals surface area contributed by atoms with Crippen molar-refractivity contribution in [3.05, 3.63) is 157 Å². The molecule has 8 rings (SSSR count). The van der Waals surface area contributed by atoms with Crippen LogP contribution < -0.4 is 9.80 Å². The van der Waals surface area contributed by atoms with E-state index in [9.17, 15) is 10.5 Å². The first-order chi connectivity index (χ1) is 22.7. The molecule has 0 aliphatic heterocycles. The molecule has 0 aliphatic carbocycles. The molecule has 0 spiro atoms. The molecule has 0 bridgehead atoms. The van der Waals surface area contributed by atoms with E-state index in [0.29, 0.717) is 11.1 Å². The highest BCUT2D eigenvalue weighted by Crippen LogP contribution is 2.43. The predicted molar refractivity (Wildman–Crippen MR) is 185 cm³/mol. The summed E-state index contributed by atoms with van der Waals surface area (Å²) in [4.78, 5) is 14.3. The van der Waals surface area contributed by atoms with E-state index in [0.717, 1.165) is 66.7 Å². The maximum absolute atomic E-state index is 9.38.